The Hall–Kier alpha value is -1.61. The molecule has 132 valence electrons. The van der Waals surface area contributed by atoms with Gasteiger partial charge in [0.1, 0.15) is 6.04 Å². The minimum Gasteiger partial charge on any atom is -0.337 e. The van der Waals surface area contributed by atoms with Crippen LogP contribution in [0, 0.1) is 0 Å². The monoisotopic (exact) mass is 362 g/mol. The number of carbonyl (C=O) groups is 1. The summed E-state index contributed by atoms with van der Waals surface area (Å²) >= 11 is 0. The highest BCUT2D eigenvalue weighted by atomic mass is 32.2. The molecule has 0 spiro atoms. The van der Waals surface area contributed by atoms with Gasteiger partial charge in [0.2, 0.25) is 15.9 Å². The topological polar surface area (TPSA) is 57.7 Å². The summed E-state index contributed by atoms with van der Waals surface area (Å²) in [5, 5.41) is 0. The van der Waals surface area contributed by atoms with Crippen LogP contribution in [0.3, 0.4) is 0 Å². The lowest BCUT2D eigenvalue weighted by molar-refractivity contribution is -0.140. The van der Waals surface area contributed by atoms with Gasteiger partial charge in [0.25, 0.3) is 0 Å². The molecule has 1 aromatic rings. The molecule has 0 saturated carbocycles. The molecule has 3 rings (SSSR count). The van der Waals surface area contributed by atoms with E-state index in [0.717, 1.165) is 28.9 Å². The number of carbonyl (C=O) groups excluding carboxylic acids is 1. The molecule has 0 bridgehead atoms. The molecule has 1 amide bonds. The second-order valence-electron chi connectivity index (χ2n) is 6.07. The van der Waals surface area contributed by atoms with Crippen LogP contribution in [0.4, 0.5) is 13.2 Å². The molecule has 0 radical (unpaired) electrons. The van der Waals surface area contributed by atoms with E-state index < -0.39 is 32.7 Å². The van der Waals surface area contributed by atoms with Crippen molar-refractivity contribution in [2.45, 2.75) is 42.9 Å². The van der Waals surface area contributed by atoms with Crippen molar-refractivity contribution in [2.24, 2.45) is 0 Å². The normalized spacial score (nSPS) is 25.8. The molecule has 0 aromatic heterocycles. The zero-order chi connectivity index (χ0) is 17.7. The third-order valence-corrected chi connectivity index (χ3v) is 6.61. The molecule has 1 aromatic carbocycles. The van der Waals surface area contributed by atoms with Crippen molar-refractivity contribution in [3.8, 4) is 0 Å². The molecular formula is C15H17F3N2O3S. The Morgan fingerprint density at radius 1 is 1.21 bits per heavy atom. The van der Waals surface area contributed by atoms with E-state index in [0.29, 0.717) is 13.0 Å². The molecule has 0 unspecified atom stereocenters. The minimum absolute atomic E-state index is 0.0292. The molecule has 0 N–H and O–H groups in total. The van der Waals surface area contributed by atoms with Crippen LogP contribution in [0.1, 0.15) is 25.3 Å². The Kier molecular flexibility index (Phi) is 4.11. The Labute approximate surface area is 138 Å². The van der Waals surface area contributed by atoms with Crippen LogP contribution in [0.15, 0.2) is 29.2 Å². The third-order valence-electron chi connectivity index (χ3n) is 4.62. The Balaban J connectivity index is 2.04. The number of fused-ring (bicyclic) bond motifs is 1. The van der Waals surface area contributed by atoms with Crippen LogP contribution in [0.25, 0.3) is 0 Å². The standard InChI is InChI=1S/C15H17F3N2O3S/c1-10-14(21)19-8-4-5-11(19)9-20(10)24(22,23)13-7-3-2-6-12(13)15(16,17)18/h2-3,6-7,10-11H,4-5,8-9H2,1H3/t10-,11+/m0/s1. The summed E-state index contributed by atoms with van der Waals surface area (Å²) < 4.78 is 66.1. The zero-order valence-corrected chi connectivity index (χ0v) is 13.8. The molecule has 2 saturated heterocycles. The molecule has 2 aliphatic rings. The summed E-state index contributed by atoms with van der Waals surface area (Å²) in [6.45, 7) is 2.02. The molecule has 2 atom stereocenters. The van der Waals surface area contributed by atoms with Crippen LogP contribution < -0.4 is 0 Å². The van der Waals surface area contributed by atoms with Crippen molar-refractivity contribution in [3.05, 3.63) is 29.8 Å². The van der Waals surface area contributed by atoms with Crippen LogP contribution in [0.2, 0.25) is 0 Å². The molecular weight excluding hydrogens is 345 g/mol. The number of piperazine rings is 1. The Morgan fingerprint density at radius 3 is 2.54 bits per heavy atom. The highest BCUT2D eigenvalue weighted by Gasteiger charge is 2.47. The number of rotatable bonds is 2. The Morgan fingerprint density at radius 2 is 1.88 bits per heavy atom. The first-order valence-corrected chi connectivity index (χ1v) is 9.06. The van der Waals surface area contributed by atoms with Gasteiger partial charge >= 0.3 is 6.18 Å². The van der Waals surface area contributed by atoms with Gasteiger partial charge in [0, 0.05) is 19.1 Å². The van der Waals surface area contributed by atoms with Gasteiger partial charge in [-0.25, -0.2) is 8.42 Å². The number of hydrogen-bond donors (Lipinski definition) is 0. The lowest BCUT2D eigenvalue weighted by Crippen LogP contribution is -2.60. The van der Waals surface area contributed by atoms with E-state index in [9.17, 15) is 26.4 Å². The second-order valence-corrected chi connectivity index (χ2v) is 7.93. The van der Waals surface area contributed by atoms with Crippen LogP contribution in [0.5, 0.6) is 0 Å². The van der Waals surface area contributed by atoms with E-state index in [4.69, 9.17) is 0 Å². The van der Waals surface area contributed by atoms with E-state index in [2.05, 4.69) is 0 Å². The fraction of sp³-hybridized carbons (Fsp3) is 0.533. The van der Waals surface area contributed by atoms with Crippen molar-refractivity contribution in [1.82, 2.24) is 9.21 Å². The van der Waals surface area contributed by atoms with Gasteiger partial charge in [-0.2, -0.15) is 17.5 Å². The summed E-state index contributed by atoms with van der Waals surface area (Å²) in [4.78, 5) is 13.2. The molecule has 0 aliphatic carbocycles. The van der Waals surface area contributed by atoms with Crippen LogP contribution >= 0.6 is 0 Å². The van der Waals surface area contributed by atoms with Crippen molar-refractivity contribution >= 4 is 15.9 Å². The number of nitrogens with zero attached hydrogens (tertiary/aromatic N) is 2. The first-order valence-electron chi connectivity index (χ1n) is 7.62. The van der Waals surface area contributed by atoms with Crippen LogP contribution in [-0.2, 0) is 21.0 Å². The first kappa shape index (κ1) is 17.2. The minimum atomic E-state index is -4.79. The van der Waals surface area contributed by atoms with E-state index in [-0.39, 0.29) is 18.5 Å². The number of benzene rings is 1. The average Bonchev–Trinajstić information content (AvgIpc) is 2.98. The number of amides is 1. The summed E-state index contributed by atoms with van der Waals surface area (Å²) in [5.74, 6) is -0.350. The fourth-order valence-corrected chi connectivity index (χ4v) is 5.24. The van der Waals surface area contributed by atoms with Gasteiger partial charge < -0.3 is 4.90 Å². The second kappa shape index (κ2) is 5.73. The van der Waals surface area contributed by atoms with Gasteiger partial charge in [-0.3, -0.25) is 4.79 Å². The molecule has 2 aliphatic heterocycles. The molecule has 2 fully saturated rings. The highest BCUT2D eigenvalue weighted by Crippen LogP contribution is 2.37. The maximum absolute atomic E-state index is 13.2. The molecule has 9 heteroatoms. The SMILES string of the molecule is C[C@H]1C(=O)N2CCC[C@@H]2CN1S(=O)(=O)c1ccccc1C(F)(F)F. The molecule has 24 heavy (non-hydrogen) atoms. The number of alkyl halides is 3. The van der Waals surface area contributed by atoms with E-state index in [1.807, 2.05) is 0 Å². The lowest BCUT2D eigenvalue weighted by Gasteiger charge is -2.40. The summed E-state index contributed by atoms with van der Waals surface area (Å²) in [6, 6.07) is 2.81. The van der Waals surface area contributed by atoms with E-state index in [1.54, 1.807) is 4.90 Å². The maximum atomic E-state index is 13.2. The lowest BCUT2D eigenvalue weighted by atomic mass is 10.1. The largest absolute Gasteiger partial charge is 0.417 e. The summed E-state index contributed by atoms with van der Waals surface area (Å²) in [6.07, 6.45) is -3.35. The van der Waals surface area contributed by atoms with Gasteiger partial charge in [0.05, 0.1) is 10.5 Å². The number of hydrogen-bond acceptors (Lipinski definition) is 3. The smallest absolute Gasteiger partial charge is 0.337 e. The fourth-order valence-electron chi connectivity index (χ4n) is 3.40. The molecule has 2 heterocycles. The predicted octanol–water partition coefficient (Wildman–Crippen LogP) is 2.09. The summed E-state index contributed by atoms with van der Waals surface area (Å²) in [5.41, 5.74) is -1.21. The maximum Gasteiger partial charge on any atom is 0.417 e. The summed E-state index contributed by atoms with van der Waals surface area (Å²) in [7, 11) is -4.43. The Bertz CT molecular complexity index is 763. The number of sulfonamides is 1. The van der Waals surface area contributed by atoms with Crippen LogP contribution in [-0.4, -0.2) is 48.7 Å². The van der Waals surface area contributed by atoms with Crippen molar-refractivity contribution in [1.29, 1.82) is 0 Å². The predicted molar refractivity (Wildman–Crippen MR) is 79.5 cm³/mol. The van der Waals surface area contributed by atoms with Crippen molar-refractivity contribution in [3.63, 3.8) is 0 Å². The quantitative estimate of drug-likeness (QED) is 0.810. The van der Waals surface area contributed by atoms with Gasteiger partial charge in [-0.1, -0.05) is 12.1 Å². The highest BCUT2D eigenvalue weighted by molar-refractivity contribution is 7.89. The van der Waals surface area contributed by atoms with Gasteiger partial charge in [0.15, 0.2) is 0 Å². The zero-order valence-electron chi connectivity index (χ0n) is 13.0. The average molecular weight is 362 g/mol. The van der Waals surface area contributed by atoms with Crippen molar-refractivity contribution in [2.75, 3.05) is 13.1 Å². The van der Waals surface area contributed by atoms with Gasteiger partial charge in [-0.15, -0.1) is 0 Å². The van der Waals surface area contributed by atoms with E-state index in [1.165, 1.54) is 13.0 Å². The van der Waals surface area contributed by atoms with E-state index >= 15 is 0 Å². The van der Waals surface area contributed by atoms with Gasteiger partial charge in [-0.05, 0) is 31.9 Å². The molecule has 5 nitrogen and oxygen atoms in total. The third kappa shape index (κ3) is 2.69. The first-order chi connectivity index (χ1) is 11.1. The number of halogens is 3. The van der Waals surface area contributed by atoms with Crippen molar-refractivity contribution < 1.29 is 26.4 Å².